The zero-order valence-corrected chi connectivity index (χ0v) is 13.7. The Kier molecular flexibility index (Phi) is 8.15. The van der Waals surface area contributed by atoms with E-state index in [2.05, 4.69) is 43.2 Å². The summed E-state index contributed by atoms with van der Waals surface area (Å²) in [5, 5.41) is 6.60. The SMILES string of the molecule is CCC(CC)NC(=O)CN(CC1CCCNC1)C(C)C. The number of nitrogens with zero attached hydrogens (tertiary/aromatic N) is 1. The monoisotopic (exact) mass is 283 g/mol. The maximum Gasteiger partial charge on any atom is 0.234 e. The topological polar surface area (TPSA) is 44.4 Å². The number of nitrogens with one attached hydrogen (secondary N) is 2. The van der Waals surface area contributed by atoms with Crippen molar-refractivity contribution in [3.8, 4) is 0 Å². The van der Waals surface area contributed by atoms with Gasteiger partial charge in [-0.1, -0.05) is 13.8 Å². The molecule has 4 heteroatoms. The second-order valence-corrected chi connectivity index (χ2v) is 6.32. The van der Waals surface area contributed by atoms with Gasteiger partial charge in [0.15, 0.2) is 0 Å². The van der Waals surface area contributed by atoms with E-state index in [1.807, 2.05) is 0 Å². The van der Waals surface area contributed by atoms with Gasteiger partial charge in [-0.3, -0.25) is 9.69 Å². The van der Waals surface area contributed by atoms with E-state index in [4.69, 9.17) is 0 Å². The summed E-state index contributed by atoms with van der Waals surface area (Å²) in [6.45, 7) is 12.4. The lowest BCUT2D eigenvalue weighted by Gasteiger charge is -2.32. The van der Waals surface area contributed by atoms with Crippen LogP contribution >= 0.6 is 0 Å². The van der Waals surface area contributed by atoms with E-state index in [1.165, 1.54) is 12.8 Å². The normalized spacial score (nSPS) is 19.9. The number of carbonyl (C=O) groups excluding carboxylic acids is 1. The Hall–Kier alpha value is -0.610. The fraction of sp³-hybridized carbons (Fsp3) is 0.938. The Morgan fingerprint density at radius 1 is 1.35 bits per heavy atom. The molecule has 0 radical (unpaired) electrons. The van der Waals surface area contributed by atoms with Crippen LogP contribution in [0.4, 0.5) is 0 Å². The summed E-state index contributed by atoms with van der Waals surface area (Å²) < 4.78 is 0. The number of hydrogen-bond donors (Lipinski definition) is 2. The van der Waals surface area contributed by atoms with Gasteiger partial charge in [-0.15, -0.1) is 0 Å². The fourth-order valence-electron chi connectivity index (χ4n) is 2.82. The Balaban J connectivity index is 2.43. The van der Waals surface area contributed by atoms with Crippen molar-refractivity contribution in [3.05, 3.63) is 0 Å². The van der Waals surface area contributed by atoms with Gasteiger partial charge in [-0.25, -0.2) is 0 Å². The molecule has 1 rings (SSSR count). The largest absolute Gasteiger partial charge is 0.352 e. The number of rotatable bonds is 8. The molecule has 0 aliphatic carbocycles. The molecule has 1 aliphatic heterocycles. The average Bonchev–Trinajstić information content (AvgIpc) is 2.45. The van der Waals surface area contributed by atoms with Gasteiger partial charge in [0.1, 0.15) is 0 Å². The quantitative estimate of drug-likeness (QED) is 0.716. The zero-order chi connectivity index (χ0) is 15.0. The van der Waals surface area contributed by atoms with E-state index in [9.17, 15) is 4.79 Å². The van der Waals surface area contributed by atoms with Gasteiger partial charge in [0, 0.05) is 18.6 Å². The van der Waals surface area contributed by atoms with E-state index in [0.29, 0.717) is 24.5 Å². The molecule has 1 heterocycles. The van der Waals surface area contributed by atoms with Gasteiger partial charge in [0.05, 0.1) is 6.54 Å². The molecular formula is C16H33N3O. The van der Waals surface area contributed by atoms with E-state index >= 15 is 0 Å². The predicted octanol–water partition coefficient (Wildman–Crippen LogP) is 2.00. The van der Waals surface area contributed by atoms with Crippen LogP contribution in [0.3, 0.4) is 0 Å². The minimum Gasteiger partial charge on any atom is -0.352 e. The first-order valence-electron chi connectivity index (χ1n) is 8.30. The summed E-state index contributed by atoms with van der Waals surface area (Å²) in [6.07, 6.45) is 4.56. The first kappa shape index (κ1) is 17.4. The van der Waals surface area contributed by atoms with E-state index < -0.39 is 0 Å². The van der Waals surface area contributed by atoms with Crippen molar-refractivity contribution in [1.29, 1.82) is 0 Å². The van der Waals surface area contributed by atoms with Gasteiger partial charge in [0.25, 0.3) is 0 Å². The van der Waals surface area contributed by atoms with Crippen molar-refractivity contribution in [2.75, 3.05) is 26.2 Å². The maximum absolute atomic E-state index is 12.2. The summed E-state index contributed by atoms with van der Waals surface area (Å²) in [5.41, 5.74) is 0. The van der Waals surface area contributed by atoms with E-state index in [1.54, 1.807) is 0 Å². The Morgan fingerprint density at radius 3 is 2.55 bits per heavy atom. The summed E-state index contributed by atoms with van der Waals surface area (Å²) in [5.74, 6) is 0.864. The fourth-order valence-corrected chi connectivity index (χ4v) is 2.82. The maximum atomic E-state index is 12.2. The third kappa shape index (κ3) is 6.23. The molecule has 0 aromatic heterocycles. The van der Waals surface area contributed by atoms with Crippen molar-refractivity contribution in [1.82, 2.24) is 15.5 Å². The molecule has 1 unspecified atom stereocenters. The van der Waals surface area contributed by atoms with Crippen LogP contribution in [0.1, 0.15) is 53.4 Å². The van der Waals surface area contributed by atoms with Gasteiger partial charge in [0.2, 0.25) is 5.91 Å². The lowest BCUT2D eigenvalue weighted by atomic mass is 9.98. The molecule has 4 nitrogen and oxygen atoms in total. The summed E-state index contributed by atoms with van der Waals surface area (Å²) in [4.78, 5) is 14.5. The molecule has 1 atom stereocenters. The highest BCUT2D eigenvalue weighted by molar-refractivity contribution is 5.78. The highest BCUT2D eigenvalue weighted by Gasteiger charge is 2.21. The van der Waals surface area contributed by atoms with Crippen LogP contribution < -0.4 is 10.6 Å². The molecule has 1 saturated heterocycles. The van der Waals surface area contributed by atoms with Crippen LogP contribution in [0.15, 0.2) is 0 Å². The molecule has 1 aliphatic rings. The molecule has 0 aromatic carbocycles. The first-order valence-corrected chi connectivity index (χ1v) is 8.30. The minimum absolute atomic E-state index is 0.177. The van der Waals surface area contributed by atoms with Gasteiger partial charge >= 0.3 is 0 Å². The molecule has 0 saturated carbocycles. The van der Waals surface area contributed by atoms with Crippen LogP contribution in [-0.2, 0) is 4.79 Å². The number of piperidine rings is 1. The van der Waals surface area contributed by atoms with Crippen LogP contribution in [0.25, 0.3) is 0 Å². The van der Waals surface area contributed by atoms with Crippen LogP contribution in [0, 0.1) is 5.92 Å². The van der Waals surface area contributed by atoms with Crippen molar-refractivity contribution in [2.24, 2.45) is 5.92 Å². The highest BCUT2D eigenvalue weighted by Crippen LogP contribution is 2.13. The number of hydrogen-bond acceptors (Lipinski definition) is 3. The molecule has 1 fully saturated rings. The van der Waals surface area contributed by atoms with E-state index in [-0.39, 0.29) is 5.91 Å². The highest BCUT2D eigenvalue weighted by atomic mass is 16.2. The number of amides is 1. The Morgan fingerprint density at radius 2 is 2.05 bits per heavy atom. The van der Waals surface area contributed by atoms with Crippen molar-refractivity contribution in [2.45, 2.75) is 65.5 Å². The second-order valence-electron chi connectivity index (χ2n) is 6.32. The first-order chi connectivity index (χ1) is 9.56. The number of carbonyl (C=O) groups is 1. The van der Waals surface area contributed by atoms with Crippen LogP contribution in [0.5, 0.6) is 0 Å². The van der Waals surface area contributed by atoms with Crippen molar-refractivity contribution >= 4 is 5.91 Å². The molecule has 2 N–H and O–H groups in total. The Labute approximate surface area is 124 Å². The van der Waals surface area contributed by atoms with Gasteiger partial charge in [-0.2, -0.15) is 0 Å². The van der Waals surface area contributed by atoms with Crippen LogP contribution in [-0.4, -0.2) is 49.1 Å². The molecule has 0 aromatic rings. The molecule has 20 heavy (non-hydrogen) atoms. The third-order valence-electron chi connectivity index (χ3n) is 4.32. The lowest BCUT2D eigenvalue weighted by Crippen LogP contribution is -2.47. The van der Waals surface area contributed by atoms with Gasteiger partial charge in [-0.05, 0) is 58.5 Å². The second kappa shape index (κ2) is 9.35. The smallest absolute Gasteiger partial charge is 0.234 e. The van der Waals surface area contributed by atoms with Crippen LogP contribution in [0.2, 0.25) is 0 Å². The van der Waals surface area contributed by atoms with E-state index in [0.717, 1.165) is 32.5 Å². The molecule has 1 amide bonds. The van der Waals surface area contributed by atoms with Crippen molar-refractivity contribution in [3.63, 3.8) is 0 Å². The Bertz CT molecular complexity index is 271. The summed E-state index contributed by atoms with van der Waals surface area (Å²) in [6, 6.07) is 0.747. The standard InChI is InChI=1S/C16H33N3O/c1-5-15(6-2)18-16(20)12-19(13(3)4)11-14-8-7-9-17-10-14/h13-15,17H,5-12H2,1-4H3,(H,18,20). The summed E-state index contributed by atoms with van der Waals surface area (Å²) in [7, 11) is 0. The zero-order valence-electron chi connectivity index (χ0n) is 13.7. The molecule has 118 valence electrons. The lowest BCUT2D eigenvalue weighted by molar-refractivity contribution is -0.123. The predicted molar refractivity (Wildman–Crippen MR) is 84.8 cm³/mol. The molecular weight excluding hydrogens is 250 g/mol. The molecule has 0 bridgehead atoms. The average molecular weight is 283 g/mol. The molecule has 0 spiro atoms. The van der Waals surface area contributed by atoms with Gasteiger partial charge < -0.3 is 10.6 Å². The summed E-state index contributed by atoms with van der Waals surface area (Å²) >= 11 is 0. The minimum atomic E-state index is 0.177. The third-order valence-corrected chi connectivity index (χ3v) is 4.32. The van der Waals surface area contributed by atoms with Crippen molar-refractivity contribution < 1.29 is 4.79 Å².